The molecular weight excluding hydrogens is 345 g/mol. The number of fused-ring (bicyclic) bond motifs is 1. The summed E-state index contributed by atoms with van der Waals surface area (Å²) in [6, 6.07) is 8.40. The van der Waals surface area contributed by atoms with Gasteiger partial charge in [0.15, 0.2) is 0 Å². The number of ether oxygens (including phenoxy) is 1. The topological polar surface area (TPSA) is 44.8 Å². The number of methoxy groups -OCH3 is 1. The molecule has 0 saturated carbocycles. The van der Waals surface area contributed by atoms with Crippen molar-refractivity contribution in [3.05, 3.63) is 60.0 Å². The quantitative estimate of drug-likeness (QED) is 0.832. The lowest BCUT2D eigenvalue weighted by atomic mass is 10.1. The van der Waals surface area contributed by atoms with Crippen LogP contribution in [0.15, 0.2) is 54.4 Å². The number of amides is 1. The van der Waals surface area contributed by atoms with Crippen LogP contribution in [0.4, 0.5) is 0 Å². The minimum Gasteiger partial charge on any atom is -0.497 e. The molecule has 0 spiro atoms. The molecule has 1 aromatic carbocycles. The first-order chi connectivity index (χ1) is 12.6. The Morgan fingerprint density at radius 1 is 1.27 bits per heavy atom. The number of benzene rings is 1. The maximum atomic E-state index is 12.7. The van der Waals surface area contributed by atoms with Gasteiger partial charge in [0.05, 0.1) is 18.6 Å². The van der Waals surface area contributed by atoms with Crippen LogP contribution in [0.25, 0.3) is 5.31 Å². The number of nitrogens with one attached hydrogen (secondary N) is 1. The molecule has 3 aliphatic heterocycles. The fourth-order valence-electron chi connectivity index (χ4n) is 3.56. The predicted molar refractivity (Wildman–Crippen MR) is 106 cm³/mol. The Bertz CT molecular complexity index is 785. The van der Waals surface area contributed by atoms with E-state index in [0.717, 1.165) is 42.0 Å². The van der Waals surface area contributed by atoms with Gasteiger partial charge in [-0.05, 0) is 36.0 Å². The van der Waals surface area contributed by atoms with Gasteiger partial charge in [-0.1, -0.05) is 26.8 Å². The largest absolute Gasteiger partial charge is 0.497 e. The van der Waals surface area contributed by atoms with Crippen LogP contribution in [0.3, 0.4) is 0 Å². The second kappa shape index (κ2) is 7.26. The van der Waals surface area contributed by atoms with Crippen LogP contribution in [-0.2, 0) is 4.79 Å². The molecule has 1 amide bonds. The van der Waals surface area contributed by atoms with Crippen LogP contribution in [0.1, 0.15) is 12.5 Å². The summed E-state index contributed by atoms with van der Waals surface area (Å²) in [5.41, 5.74) is 2.23. The third-order valence-corrected chi connectivity index (χ3v) is 6.49. The second-order valence-corrected chi connectivity index (χ2v) is 8.25. The highest BCUT2D eigenvalue weighted by Crippen LogP contribution is 2.44. The van der Waals surface area contributed by atoms with Crippen molar-refractivity contribution in [2.24, 2.45) is 0 Å². The van der Waals surface area contributed by atoms with Crippen LogP contribution >= 0.6 is 8.58 Å². The van der Waals surface area contributed by atoms with E-state index in [1.165, 1.54) is 0 Å². The first kappa shape index (κ1) is 17.3. The second-order valence-electron chi connectivity index (χ2n) is 6.84. The molecule has 0 radical (unpaired) electrons. The summed E-state index contributed by atoms with van der Waals surface area (Å²) in [7, 11) is 2.20. The van der Waals surface area contributed by atoms with Crippen LogP contribution in [0.2, 0.25) is 0 Å². The van der Waals surface area contributed by atoms with Crippen molar-refractivity contribution in [3.8, 4) is 5.75 Å². The fraction of sp³-hybridized carbons (Fsp3) is 0.350. The van der Waals surface area contributed by atoms with Gasteiger partial charge in [-0.3, -0.25) is 4.79 Å². The van der Waals surface area contributed by atoms with E-state index >= 15 is 0 Å². The van der Waals surface area contributed by atoms with Crippen molar-refractivity contribution in [3.63, 3.8) is 0 Å². The molecule has 5 nitrogen and oxygen atoms in total. The summed E-state index contributed by atoms with van der Waals surface area (Å²) in [6.07, 6.45) is 8.16. The summed E-state index contributed by atoms with van der Waals surface area (Å²) in [6.45, 7) is 5.12. The van der Waals surface area contributed by atoms with Crippen molar-refractivity contribution in [2.75, 3.05) is 26.7 Å². The van der Waals surface area contributed by atoms with Crippen LogP contribution in [0, 0.1) is 0 Å². The van der Waals surface area contributed by atoms with Gasteiger partial charge < -0.3 is 19.9 Å². The average molecular weight is 369 g/mol. The van der Waals surface area contributed by atoms with E-state index in [0.29, 0.717) is 14.6 Å². The Morgan fingerprint density at radius 3 is 2.81 bits per heavy atom. The van der Waals surface area contributed by atoms with Crippen molar-refractivity contribution in [2.45, 2.75) is 18.7 Å². The number of nitrogens with zero attached hydrogens (tertiary/aromatic N) is 2. The van der Waals surface area contributed by atoms with Gasteiger partial charge in [0.25, 0.3) is 5.91 Å². The number of carbonyl (C=O) groups is 1. The molecule has 4 rings (SSSR count). The lowest BCUT2D eigenvalue weighted by Crippen LogP contribution is -2.49. The highest BCUT2D eigenvalue weighted by Gasteiger charge is 2.30. The van der Waals surface area contributed by atoms with E-state index in [2.05, 4.69) is 29.3 Å². The Kier molecular flexibility index (Phi) is 4.84. The maximum absolute atomic E-state index is 12.7. The molecule has 26 heavy (non-hydrogen) atoms. The lowest BCUT2D eigenvalue weighted by Gasteiger charge is -2.39. The minimum absolute atomic E-state index is 0.0598. The maximum Gasteiger partial charge on any atom is 0.252 e. The van der Waals surface area contributed by atoms with Crippen LogP contribution in [0.5, 0.6) is 5.75 Å². The molecule has 1 N–H and O–H groups in total. The number of hydrogen-bond acceptors (Lipinski definition) is 4. The fourth-order valence-corrected chi connectivity index (χ4v) is 4.95. The van der Waals surface area contributed by atoms with Gasteiger partial charge in [0.2, 0.25) is 0 Å². The summed E-state index contributed by atoms with van der Waals surface area (Å²) >= 11 is 0. The third-order valence-electron chi connectivity index (χ3n) is 4.98. The zero-order valence-corrected chi connectivity index (χ0v) is 16.1. The molecule has 0 aromatic heterocycles. The minimum atomic E-state index is 0.0598. The predicted octanol–water partition coefficient (Wildman–Crippen LogP) is 2.59. The van der Waals surface area contributed by atoms with Crippen molar-refractivity contribution in [1.82, 2.24) is 15.1 Å². The van der Waals surface area contributed by atoms with E-state index < -0.39 is 0 Å². The van der Waals surface area contributed by atoms with Gasteiger partial charge >= 0.3 is 0 Å². The lowest BCUT2D eigenvalue weighted by molar-refractivity contribution is -0.123. The van der Waals surface area contributed by atoms with Gasteiger partial charge in [-0.15, -0.1) is 0 Å². The van der Waals surface area contributed by atoms with Gasteiger partial charge in [0, 0.05) is 38.0 Å². The van der Waals surface area contributed by atoms with E-state index in [1.807, 2.05) is 35.4 Å². The van der Waals surface area contributed by atoms with Gasteiger partial charge in [-0.25, -0.2) is 0 Å². The standard InChI is InChI=1S/C20H24N3O2P/c1-14-12-22(10-9-21-14)16-5-8-20-23(13-16)19(24)11-18(26-20)15-3-6-17(25-2)7-4-15/h3-8,11,13-14,20-21,26H,9-10,12H2,1-2H3/t14-,20?/m0/s1. The summed E-state index contributed by atoms with van der Waals surface area (Å²) < 4.78 is 5.22. The van der Waals surface area contributed by atoms with E-state index in [4.69, 9.17) is 4.74 Å². The summed E-state index contributed by atoms with van der Waals surface area (Å²) in [5, 5.41) is 4.57. The first-order valence-electron chi connectivity index (χ1n) is 8.97. The average Bonchev–Trinajstić information content (AvgIpc) is 2.68. The Labute approximate surface area is 156 Å². The number of rotatable bonds is 3. The molecule has 3 aliphatic rings. The molecule has 0 bridgehead atoms. The Morgan fingerprint density at radius 2 is 2.08 bits per heavy atom. The summed E-state index contributed by atoms with van der Waals surface area (Å²) in [4.78, 5) is 17.0. The third kappa shape index (κ3) is 3.42. The van der Waals surface area contributed by atoms with E-state index in [1.54, 1.807) is 13.2 Å². The molecule has 1 fully saturated rings. The first-order valence-corrected chi connectivity index (χ1v) is 10.0. The molecule has 6 heteroatoms. The molecule has 0 aliphatic carbocycles. The van der Waals surface area contributed by atoms with Crippen molar-refractivity contribution >= 4 is 19.8 Å². The molecule has 1 saturated heterocycles. The smallest absolute Gasteiger partial charge is 0.252 e. The van der Waals surface area contributed by atoms with E-state index in [9.17, 15) is 4.79 Å². The highest BCUT2D eigenvalue weighted by atomic mass is 31.1. The Balaban J connectivity index is 1.54. The summed E-state index contributed by atoms with van der Waals surface area (Å²) in [5.74, 6) is 1.01. The zero-order valence-electron chi connectivity index (χ0n) is 15.1. The SMILES string of the molecule is COc1ccc(C2=CC(=O)N3C=C(N4CCN[C@@H](C)C4)C=CC3P2)cc1. The van der Waals surface area contributed by atoms with Crippen LogP contribution < -0.4 is 10.1 Å². The monoisotopic (exact) mass is 369 g/mol. The zero-order chi connectivity index (χ0) is 18.1. The number of carbonyl (C=O) groups excluding carboxylic acids is 1. The van der Waals surface area contributed by atoms with Gasteiger partial charge in [-0.2, -0.15) is 0 Å². The number of allylic oxidation sites excluding steroid dienone is 1. The molecule has 2 unspecified atom stereocenters. The highest BCUT2D eigenvalue weighted by molar-refractivity contribution is 7.51. The number of hydrogen-bond donors (Lipinski definition) is 1. The molecule has 1 aromatic rings. The normalized spacial score (nSPS) is 26.5. The van der Waals surface area contributed by atoms with Crippen LogP contribution in [-0.4, -0.2) is 54.3 Å². The molecular formula is C20H24N3O2P. The molecule has 3 atom stereocenters. The van der Waals surface area contributed by atoms with Gasteiger partial charge in [0.1, 0.15) is 5.75 Å². The van der Waals surface area contributed by atoms with E-state index in [-0.39, 0.29) is 11.7 Å². The molecule has 3 heterocycles. The van der Waals surface area contributed by atoms with Crippen molar-refractivity contribution < 1.29 is 9.53 Å². The Hall–Kier alpha value is -2.10. The molecule has 136 valence electrons. The van der Waals surface area contributed by atoms with Crippen molar-refractivity contribution in [1.29, 1.82) is 0 Å². The number of piperazine rings is 1.